The zero-order chi connectivity index (χ0) is 23.6. The average Bonchev–Trinajstić information content (AvgIpc) is 3.14. The smallest absolute Gasteiger partial charge is 0.410 e. The molecule has 0 saturated carbocycles. The number of amides is 1. The van der Waals surface area contributed by atoms with Crippen LogP contribution in [0.15, 0.2) is 59.8 Å². The van der Waals surface area contributed by atoms with Gasteiger partial charge in [-0.15, -0.1) is 0 Å². The number of hydrogen-bond acceptors (Lipinski definition) is 5. The summed E-state index contributed by atoms with van der Waals surface area (Å²) < 4.78 is 33.7. The van der Waals surface area contributed by atoms with Gasteiger partial charge in [0, 0.05) is 30.9 Å². The maximum atomic E-state index is 13.4. The molecule has 1 unspecified atom stereocenters. The van der Waals surface area contributed by atoms with Crippen LogP contribution in [0, 0.1) is 0 Å². The van der Waals surface area contributed by atoms with Crippen molar-refractivity contribution >= 4 is 27.1 Å². The van der Waals surface area contributed by atoms with Gasteiger partial charge in [-0.05, 0) is 75.8 Å². The molecule has 0 aliphatic carbocycles. The lowest BCUT2D eigenvalue weighted by atomic mass is 9.89. The SMILES string of the molecule is CC(C)(C)OC(=O)N1CCCCC(c2cn(S(=O)(=O)c3ccccc3)c3ncccc23)CC1. The number of hydrogen-bond donors (Lipinski definition) is 0. The lowest BCUT2D eigenvalue weighted by Gasteiger charge is -2.30. The van der Waals surface area contributed by atoms with E-state index in [0.29, 0.717) is 18.7 Å². The molecule has 1 atom stereocenters. The molecule has 1 saturated heterocycles. The number of aromatic nitrogens is 2. The fourth-order valence-corrected chi connectivity index (χ4v) is 5.70. The van der Waals surface area contributed by atoms with E-state index in [1.54, 1.807) is 47.6 Å². The number of pyridine rings is 1. The molecule has 1 aliphatic heterocycles. The molecular formula is C25H31N3O4S. The number of carbonyl (C=O) groups excluding carboxylic acids is 1. The predicted octanol–water partition coefficient (Wildman–Crippen LogP) is 5.17. The van der Waals surface area contributed by atoms with Crippen molar-refractivity contribution in [2.24, 2.45) is 0 Å². The van der Waals surface area contributed by atoms with E-state index in [4.69, 9.17) is 4.74 Å². The Hall–Kier alpha value is -2.87. The molecule has 0 bridgehead atoms. The molecular weight excluding hydrogens is 438 g/mol. The summed E-state index contributed by atoms with van der Waals surface area (Å²) in [6.07, 6.45) is 6.55. The number of nitrogens with zero attached hydrogens (tertiary/aromatic N) is 3. The third-order valence-corrected chi connectivity index (χ3v) is 7.60. The van der Waals surface area contributed by atoms with Crippen molar-refractivity contribution in [1.82, 2.24) is 13.9 Å². The molecule has 8 heteroatoms. The molecule has 1 aliphatic rings. The van der Waals surface area contributed by atoms with Gasteiger partial charge in [-0.25, -0.2) is 22.2 Å². The fourth-order valence-electron chi connectivity index (χ4n) is 4.35. The van der Waals surface area contributed by atoms with Gasteiger partial charge < -0.3 is 9.64 Å². The van der Waals surface area contributed by atoms with Crippen LogP contribution in [0.1, 0.15) is 57.9 Å². The second-order valence-corrected chi connectivity index (χ2v) is 11.3. The third kappa shape index (κ3) is 5.05. The average molecular weight is 470 g/mol. The van der Waals surface area contributed by atoms with Crippen LogP contribution >= 0.6 is 0 Å². The van der Waals surface area contributed by atoms with Crippen molar-refractivity contribution < 1.29 is 17.9 Å². The lowest BCUT2D eigenvalue weighted by Crippen LogP contribution is -2.39. The Kier molecular flexibility index (Phi) is 6.47. The van der Waals surface area contributed by atoms with Crippen molar-refractivity contribution in [1.29, 1.82) is 0 Å². The third-order valence-electron chi connectivity index (χ3n) is 5.93. The van der Waals surface area contributed by atoms with E-state index in [1.807, 2.05) is 32.9 Å². The minimum atomic E-state index is -3.77. The van der Waals surface area contributed by atoms with E-state index in [1.165, 1.54) is 3.97 Å². The molecule has 1 amide bonds. The van der Waals surface area contributed by atoms with Crippen LogP contribution in [0.25, 0.3) is 11.0 Å². The van der Waals surface area contributed by atoms with Crippen LogP contribution in [-0.4, -0.2) is 47.1 Å². The van der Waals surface area contributed by atoms with Gasteiger partial charge in [0.1, 0.15) is 5.60 Å². The van der Waals surface area contributed by atoms with Gasteiger partial charge >= 0.3 is 6.09 Å². The summed E-state index contributed by atoms with van der Waals surface area (Å²) in [6, 6.07) is 12.2. The molecule has 1 fully saturated rings. The molecule has 3 heterocycles. The summed E-state index contributed by atoms with van der Waals surface area (Å²) in [4.78, 5) is 19.1. The van der Waals surface area contributed by atoms with E-state index >= 15 is 0 Å². The second kappa shape index (κ2) is 9.17. The molecule has 3 aromatic rings. The van der Waals surface area contributed by atoms with Crippen LogP contribution in [-0.2, 0) is 14.8 Å². The Morgan fingerprint density at radius 2 is 1.79 bits per heavy atom. The first-order valence-corrected chi connectivity index (χ1v) is 12.9. The van der Waals surface area contributed by atoms with Gasteiger partial charge in [-0.3, -0.25) is 0 Å². The van der Waals surface area contributed by atoms with E-state index in [0.717, 1.165) is 36.6 Å². The molecule has 0 N–H and O–H groups in total. The Morgan fingerprint density at radius 1 is 1.03 bits per heavy atom. The van der Waals surface area contributed by atoms with Crippen LogP contribution in [0.2, 0.25) is 0 Å². The van der Waals surface area contributed by atoms with E-state index in [2.05, 4.69) is 4.98 Å². The summed E-state index contributed by atoms with van der Waals surface area (Å²) in [5.74, 6) is 0.120. The minimum absolute atomic E-state index is 0.120. The molecule has 0 spiro atoms. The van der Waals surface area contributed by atoms with Crippen LogP contribution in [0.3, 0.4) is 0 Å². The van der Waals surface area contributed by atoms with Gasteiger partial charge in [-0.2, -0.15) is 0 Å². The maximum absolute atomic E-state index is 13.4. The minimum Gasteiger partial charge on any atom is -0.444 e. The zero-order valence-corrected chi connectivity index (χ0v) is 20.2. The fraction of sp³-hybridized carbons (Fsp3) is 0.440. The largest absolute Gasteiger partial charge is 0.444 e. The lowest BCUT2D eigenvalue weighted by molar-refractivity contribution is 0.0232. The molecule has 33 heavy (non-hydrogen) atoms. The standard InChI is InChI=1S/C25H31N3O4S/c1-25(2,3)32-24(29)27-16-8-7-10-19(14-17-27)22-18-28(23-21(22)13-9-15-26-23)33(30,31)20-11-5-4-6-12-20/h4-6,9,11-13,15,18-19H,7-8,10,14,16-17H2,1-3H3. The number of likely N-dealkylation sites (tertiary alicyclic amines) is 1. The Labute approximate surface area is 195 Å². The van der Waals surface area contributed by atoms with Gasteiger partial charge in [-0.1, -0.05) is 24.6 Å². The predicted molar refractivity (Wildman–Crippen MR) is 128 cm³/mol. The first-order chi connectivity index (χ1) is 15.7. The van der Waals surface area contributed by atoms with Crippen molar-refractivity contribution in [3.8, 4) is 0 Å². The Bertz CT molecular complexity index is 1230. The Morgan fingerprint density at radius 3 is 2.52 bits per heavy atom. The first kappa shape index (κ1) is 23.3. The topological polar surface area (TPSA) is 81.5 Å². The molecule has 0 radical (unpaired) electrons. The summed E-state index contributed by atoms with van der Waals surface area (Å²) in [5.41, 5.74) is 0.857. The highest BCUT2D eigenvalue weighted by molar-refractivity contribution is 7.90. The van der Waals surface area contributed by atoms with Crippen molar-refractivity contribution in [2.75, 3.05) is 13.1 Å². The molecule has 2 aromatic heterocycles. The highest BCUT2D eigenvalue weighted by Gasteiger charge is 2.28. The summed E-state index contributed by atoms with van der Waals surface area (Å²) in [7, 11) is -3.77. The maximum Gasteiger partial charge on any atom is 0.410 e. The molecule has 176 valence electrons. The van der Waals surface area contributed by atoms with E-state index in [9.17, 15) is 13.2 Å². The molecule has 7 nitrogen and oxygen atoms in total. The summed E-state index contributed by atoms with van der Waals surface area (Å²) in [6.45, 7) is 6.84. The quantitative estimate of drug-likeness (QED) is 0.529. The van der Waals surface area contributed by atoms with Gasteiger partial charge in [0.15, 0.2) is 5.65 Å². The van der Waals surface area contributed by atoms with Crippen molar-refractivity contribution in [3.63, 3.8) is 0 Å². The van der Waals surface area contributed by atoms with Gasteiger partial charge in [0.25, 0.3) is 10.0 Å². The highest BCUT2D eigenvalue weighted by atomic mass is 32.2. The number of rotatable bonds is 3. The van der Waals surface area contributed by atoms with E-state index < -0.39 is 15.6 Å². The number of carbonyl (C=O) groups is 1. The number of fused-ring (bicyclic) bond motifs is 1. The van der Waals surface area contributed by atoms with Crippen LogP contribution in [0.4, 0.5) is 4.79 Å². The monoisotopic (exact) mass is 469 g/mol. The second-order valence-electron chi connectivity index (χ2n) is 9.52. The zero-order valence-electron chi connectivity index (χ0n) is 19.4. The normalized spacial score (nSPS) is 18.0. The van der Waals surface area contributed by atoms with Crippen LogP contribution < -0.4 is 0 Å². The summed E-state index contributed by atoms with van der Waals surface area (Å²) in [5, 5.41) is 0.839. The molecule has 1 aromatic carbocycles. The Balaban J connectivity index is 1.67. The van der Waals surface area contributed by atoms with Crippen molar-refractivity contribution in [3.05, 3.63) is 60.4 Å². The number of benzene rings is 1. The van der Waals surface area contributed by atoms with Crippen LogP contribution in [0.5, 0.6) is 0 Å². The van der Waals surface area contributed by atoms with Gasteiger partial charge in [0.05, 0.1) is 4.90 Å². The van der Waals surface area contributed by atoms with Gasteiger partial charge in [0.2, 0.25) is 0 Å². The molecule has 4 rings (SSSR count). The first-order valence-electron chi connectivity index (χ1n) is 11.4. The number of ether oxygens (including phenoxy) is 1. The van der Waals surface area contributed by atoms with E-state index in [-0.39, 0.29) is 16.9 Å². The van der Waals surface area contributed by atoms with Crippen molar-refractivity contribution in [2.45, 2.75) is 62.9 Å². The highest BCUT2D eigenvalue weighted by Crippen LogP contribution is 2.35. The summed E-state index contributed by atoms with van der Waals surface area (Å²) >= 11 is 0.